The number of thioether (sulfide) groups is 1. The summed E-state index contributed by atoms with van der Waals surface area (Å²) in [6.07, 6.45) is 1.56. The summed E-state index contributed by atoms with van der Waals surface area (Å²) in [5.41, 5.74) is 1.22. The predicted octanol–water partition coefficient (Wildman–Crippen LogP) is 5.93. The second-order valence-electron chi connectivity index (χ2n) is 6.29. The average molecular weight is 545 g/mol. The Morgan fingerprint density at radius 1 is 1.16 bits per heavy atom. The first kappa shape index (κ1) is 23.7. The number of halogens is 3. The molecular formula is C21H16BrCl2NO5S. The van der Waals surface area contributed by atoms with Gasteiger partial charge in [0.1, 0.15) is 5.75 Å². The Morgan fingerprint density at radius 3 is 2.65 bits per heavy atom. The van der Waals surface area contributed by atoms with Crippen LogP contribution in [0.5, 0.6) is 5.75 Å². The molecule has 2 amide bonds. The molecule has 0 atom stereocenters. The number of carbonyl (C=O) groups excluding carboxylic acids is 3. The lowest BCUT2D eigenvalue weighted by Crippen LogP contribution is -2.27. The highest BCUT2D eigenvalue weighted by Gasteiger charge is 2.35. The van der Waals surface area contributed by atoms with E-state index in [1.807, 2.05) is 0 Å². The molecule has 31 heavy (non-hydrogen) atoms. The number of benzene rings is 2. The van der Waals surface area contributed by atoms with Gasteiger partial charge in [-0.15, -0.1) is 0 Å². The fourth-order valence-corrected chi connectivity index (χ4v) is 4.23. The Bertz CT molecular complexity index is 1080. The smallest absolute Gasteiger partial charge is 0.344 e. The summed E-state index contributed by atoms with van der Waals surface area (Å²) < 4.78 is 11.1. The van der Waals surface area contributed by atoms with Crippen molar-refractivity contribution in [1.82, 2.24) is 4.90 Å². The Hall–Kier alpha value is -2.00. The molecule has 1 saturated heterocycles. The third-order valence-electron chi connectivity index (χ3n) is 4.11. The maximum atomic E-state index is 12.9. The highest BCUT2D eigenvalue weighted by Crippen LogP contribution is 2.36. The summed E-state index contributed by atoms with van der Waals surface area (Å²) in [4.78, 5) is 38.3. The number of ether oxygens (including phenoxy) is 2. The molecule has 2 aromatic carbocycles. The minimum Gasteiger partial charge on any atom is -0.481 e. The van der Waals surface area contributed by atoms with Crippen LogP contribution in [0.2, 0.25) is 10.0 Å². The van der Waals surface area contributed by atoms with Gasteiger partial charge in [0, 0.05) is 10.0 Å². The minimum atomic E-state index is -0.502. The van der Waals surface area contributed by atoms with E-state index in [0.717, 1.165) is 21.1 Å². The molecular weight excluding hydrogens is 529 g/mol. The molecule has 6 nitrogen and oxygen atoms in total. The van der Waals surface area contributed by atoms with Crippen LogP contribution in [0, 0.1) is 0 Å². The zero-order chi connectivity index (χ0) is 22.5. The summed E-state index contributed by atoms with van der Waals surface area (Å²) in [6.45, 7) is 1.76. The molecule has 0 aliphatic carbocycles. The van der Waals surface area contributed by atoms with E-state index in [1.54, 1.807) is 49.4 Å². The van der Waals surface area contributed by atoms with Gasteiger partial charge in [0.2, 0.25) is 0 Å². The molecule has 0 radical (unpaired) electrons. The maximum absolute atomic E-state index is 12.9. The van der Waals surface area contributed by atoms with Crippen LogP contribution in [-0.2, 0) is 20.9 Å². The van der Waals surface area contributed by atoms with Crippen LogP contribution in [-0.4, -0.2) is 35.2 Å². The largest absolute Gasteiger partial charge is 0.481 e. The van der Waals surface area contributed by atoms with E-state index >= 15 is 0 Å². The third kappa shape index (κ3) is 6.04. The van der Waals surface area contributed by atoms with Gasteiger partial charge in [0.15, 0.2) is 6.61 Å². The minimum absolute atomic E-state index is 0.0730. The van der Waals surface area contributed by atoms with Crippen molar-refractivity contribution in [3.8, 4) is 5.75 Å². The Morgan fingerprint density at radius 2 is 1.94 bits per heavy atom. The van der Waals surface area contributed by atoms with Gasteiger partial charge in [0.25, 0.3) is 11.1 Å². The Labute approximate surface area is 201 Å². The standard InChI is InChI=1S/C21H16BrCl2NO5S/c1-2-29-19(26)11-30-17-6-4-14(22)8-13(17)9-18-20(27)25(21(28)31-18)10-12-3-5-15(23)16(24)7-12/h3-9H,2,10-11H2,1H3/b18-9-. The molecule has 10 heteroatoms. The zero-order valence-electron chi connectivity index (χ0n) is 16.2. The van der Waals surface area contributed by atoms with Crippen molar-refractivity contribution < 1.29 is 23.9 Å². The van der Waals surface area contributed by atoms with E-state index in [9.17, 15) is 14.4 Å². The van der Waals surface area contributed by atoms with Crippen molar-refractivity contribution in [3.05, 3.63) is 66.9 Å². The second-order valence-corrected chi connectivity index (χ2v) is 9.02. The van der Waals surface area contributed by atoms with Crippen LogP contribution in [0.25, 0.3) is 6.08 Å². The third-order valence-corrected chi connectivity index (χ3v) is 6.25. The number of amides is 2. The fourth-order valence-electron chi connectivity index (χ4n) is 2.70. The lowest BCUT2D eigenvalue weighted by Gasteiger charge is -2.13. The fraction of sp³-hybridized carbons (Fsp3) is 0.190. The monoisotopic (exact) mass is 543 g/mol. The van der Waals surface area contributed by atoms with Crippen LogP contribution >= 0.6 is 50.9 Å². The number of hydrogen-bond acceptors (Lipinski definition) is 6. The highest BCUT2D eigenvalue weighted by molar-refractivity contribution is 9.10. The van der Waals surface area contributed by atoms with Gasteiger partial charge in [-0.2, -0.15) is 0 Å². The summed E-state index contributed by atoms with van der Waals surface area (Å²) in [5, 5.41) is 0.343. The van der Waals surface area contributed by atoms with Gasteiger partial charge in [-0.1, -0.05) is 45.2 Å². The molecule has 3 rings (SSSR count). The van der Waals surface area contributed by atoms with E-state index in [0.29, 0.717) is 26.9 Å². The van der Waals surface area contributed by atoms with E-state index < -0.39 is 17.1 Å². The van der Waals surface area contributed by atoms with Crippen molar-refractivity contribution in [2.24, 2.45) is 0 Å². The number of imide groups is 1. The zero-order valence-corrected chi connectivity index (χ0v) is 20.1. The van der Waals surface area contributed by atoms with Gasteiger partial charge in [-0.05, 0) is 60.7 Å². The number of esters is 1. The highest BCUT2D eigenvalue weighted by atomic mass is 79.9. The number of carbonyl (C=O) groups is 3. The first-order valence-electron chi connectivity index (χ1n) is 9.05. The van der Waals surface area contributed by atoms with E-state index in [-0.39, 0.29) is 24.7 Å². The summed E-state index contributed by atoms with van der Waals surface area (Å²) in [7, 11) is 0. The first-order chi connectivity index (χ1) is 14.8. The van der Waals surface area contributed by atoms with E-state index in [4.69, 9.17) is 32.7 Å². The molecule has 0 saturated carbocycles. The topological polar surface area (TPSA) is 72.9 Å². The summed E-state index contributed by atoms with van der Waals surface area (Å²) in [6, 6.07) is 10.1. The van der Waals surface area contributed by atoms with Crippen molar-refractivity contribution >= 4 is 74.1 Å². The average Bonchev–Trinajstić information content (AvgIpc) is 2.98. The van der Waals surface area contributed by atoms with Crippen molar-refractivity contribution in [3.63, 3.8) is 0 Å². The van der Waals surface area contributed by atoms with Crippen molar-refractivity contribution in [2.45, 2.75) is 13.5 Å². The number of hydrogen-bond donors (Lipinski definition) is 0. The lowest BCUT2D eigenvalue weighted by atomic mass is 10.1. The second kappa shape index (κ2) is 10.5. The molecule has 0 N–H and O–H groups in total. The summed E-state index contributed by atoms with van der Waals surface area (Å²) in [5.74, 6) is -0.553. The van der Waals surface area contributed by atoms with Gasteiger partial charge in [-0.25, -0.2) is 4.79 Å². The lowest BCUT2D eigenvalue weighted by molar-refractivity contribution is -0.145. The molecule has 2 aromatic rings. The maximum Gasteiger partial charge on any atom is 0.344 e. The molecule has 0 bridgehead atoms. The van der Waals surface area contributed by atoms with E-state index in [1.165, 1.54) is 0 Å². The van der Waals surface area contributed by atoms with Gasteiger partial charge < -0.3 is 9.47 Å². The molecule has 1 aliphatic heterocycles. The van der Waals surface area contributed by atoms with Gasteiger partial charge in [0.05, 0.1) is 28.1 Å². The SMILES string of the molecule is CCOC(=O)COc1ccc(Br)cc1/C=C1\SC(=O)N(Cc2ccc(Cl)c(Cl)c2)C1=O. The van der Waals surface area contributed by atoms with Crippen LogP contribution in [0.4, 0.5) is 4.79 Å². The molecule has 0 unspecified atom stereocenters. The van der Waals surface area contributed by atoms with Crippen LogP contribution in [0.1, 0.15) is 18.1 Å². The van der Waals surface area contributed by atoms with E-state index in [2.05, 4.69) is 15.9 Å². The molecule has 0 spiro atoms. The molecule has 162 valence electrons. The normalized spacial score (nSPS) is 15.0. The number of nitrogens with zero attached hydrogens (tertiary/aromatic N) is 1. The predicted molar refractivity (Wildman–Crippen MR) is 124 cm³/mol. The van der Waals surface area contributed by atoms with Crippen molar-refractivity contribution in [1.29, 1.82) is 0 Å². The van der Waals surface area contributed by atoms with Gasteiger partial charge >= 0.3 is 5.97 Å². The van der Waals surface area contributed by atoms with Crippen LogP contribution < -0.4 is 4.74 Å². The molecule has 1 aliphatic rings. The number of rotatable bonds is 7. The summed E-state index contributed by atoms with van der Waals surface area (Å²) >= 11 is 16.1. The quantitative estimate of drug-likeness (QED) is 0.317. The van der Waals surface area contributed by atoms with Gasteiger partial charge in [-0.3, -0.25) is 14.5 Å². The Balaban J connectivity index is 1.81. The van der Waals surface area contributed by atoms with Crippen LogP contribution in [0.3, 0.4) is 0 Å². The Kier molecular flexibility index (Phi) is 8.05. The molecule has 1 heterocycles. The van der Waals surface area contributed by atoms with Crippen molar-refractivity contribution in [2.75, 3.05) is 13.2 Å². The molecule has 0 aromatic heterocycles. The first-order valence-corrected chi connectivity index (χ1v) is 11.4. The molecule has 1 fully saturated rings. The van der Waals surface area contributed by atoms with Crippen LogP contribution in [0.15, 0.2) is 45.8 Å².